The van der Waals surface area contributed by atoms with Crippen molar-refractivity contribution < 1.29 is 23.2 Å². The molecule has 21 heavy (non-hydrogen) atoms. The van der Waals surface area contributed by atoms with Crippen LogP contribution >= 0.6 is 11.3 Å². The van der Waals surface area contributed by atoms with Gasteiger partial charge in [0.2, 0.25) is 5.82 Å². The second kappa shape index (κ2) is 6.40. The largest absolute Gasteiger partial charge is 0.462 e. The van der Waals surface area contributed by atoms with Gasteiger partial charge in [-0.2, -0.15) is 4.39 Å². The first-order valence-electron chi connectivity index (χ1n) is 5.82. The molecule has 0 bridgehead atoms. The van der Waals surface area contributed by atoms with E-state index in [9.17, 15) is 23.7 Å². The number of esters is 1. The first kappa shape index (κ1) is 15.0. The van der Waals surface area contributed by atoms with Crippen molar-refractivity contribution in [3.05, 3.63) is 61.8 Å². The van der Waals surface area contributed by atoms with Crippen molar-refractivity contribution in [2.75, 3.05) is 6.61 Å². The van der Waals surface area contributed by atoms with Crippen molar-refractivity contribution in [3.63, 3.8) is 0 Å². The van der Waals surface area contributed by atoms with Crippen LogP contribution in [0.5, 0.6) is 0 Å². The maximum atomic E-state index is 13.6. The summed E-state index contributed by atoms with van der Waals surface area (Å²) in [6, 6.07) is 4.53. The van der Waals surface area contributed by atoms with Gasteiger partial charge >= 0.3 is 11.7 Å². The third kappa shape index (κ3) is 3.60. The van der Waals surface area contributed by atoms with Crippen LogP contribution in [0, 0.1) is 21.7 Å². The van der Waals surface area contributed by atoms with E-state index in [1.54, 1.807) is 0 Å². The Morgan fingerprint density at radius 3 is 2.71 bits per heavy atom. The lowest BCUT2D eigenvalue weighted by molar-refractivity contribution is -0.387. The van der Waals surface area contributed by atoms with E-state index in [4.69, 9.17) is 4.74 Å². The molecule has 0 saturated heterocycles. The third-order valence-electron chi connectivity index (χ3n) is 2.61. The Morgan fingerprint density at radius 1 is 1.33 bits per heavy atom. The number of nitro groups is 1. The molecule has 0 spiro atoms. The normalized spacial score (nSPS) is 10.4. The molecule has 0 N–H and O–H groups in total. The molecule has 8 heteroatoms. The van der Waals surface area contributed by atoms with Crippen LogP contribution in [0.4, 0.5) is 14.5 Å². The van der Waals surface area contributed by atoms with E-state index in [1.807, 2.05) is 17.5 Å². The lowest BCUT2D eigenvalue weighted by Crippen LogP contribution is -2.11. The van der Waals surface area contributed by atoms with Gasteiger partial charge in [-0.1, -0.05) is 6.07 Å². The summed E-state index contributed by atoms with van der Waals surface area (Å²) in [4.78, 5) is 22.0. The van der Waals surface area contributed by atoms with Crippen LogP contribution in [0.2, 0.25) is 0 Å². The minimum atomic E-state index is -1.29. The van der Waals surface area contributed by atoms with Crippen LogP contribution in [0.25, 0.3) is 0 Å². The van der Waals surface area contributed by atoms with Gasteiger partial charge in [0, 0.05) is 11.3 Å². The van der Waals surface area contributed by atoms with E-state index in [1.165, 1.54) is 11.3 Å². The number of ether oxygens (including phenoxy) is 1. The van der Waals surface area contributed by atoms with Crippen LogP contribution < -0.4 is 0 Å². The molecule has 0 fully saturated rings. The van der Waals surface area contributed by atoms with E-state index in [2.05, 4.69) is 0 Å². The average Bonchev–Trinajstić information content (AvgIpc) is 2.93. The van der Waals surface area contributed by atoms with Gasteiger partial charge in [-0.25, -0.2) is 9.18 Å². The molecule has 110 valence electrons. The smallest absolute Gasteiger partial charge is 0.341 e. The van der Waals surface area contributed by atoms with Crippen molar-refractivity contribution in [1.29, 1.82) is 0 Å². The highest BCUT2D eigenvalue weighted by atomic mass is 32.1. The summed E-state index contributed by atoms with van der Waals surface area (Å²) in [5.41, 5.74) is -1.69. The van der Waals surface area contributed by atoms with Gasteiger partial charge < -0.3 is 4.74 Å². The Bertz CT molecular complexity index is 673. The summed E-state index contributed by atoms with van der Waals surface area (Å²) in [6.07, 6.45) is 0.459. The fourth-order valence-electron chi connectivity index (χ4n) is 1.61. The van der Waals surface area contributed by atoms with Crippen molar-refractivity contribution in [3.8, 4) is 0 Å². The SMILES string of the molecule is O=C(OCCc1cccs1)c1cc(F)c([N+](=O)[O-])cc1F. The minimum Gasteiger partial charge on any atom is -0.462 e. The van der Waals surface area contributed by atoms with Crippen LogP contribution in [0.3, 0.4) is 0 Å². The zero-order valence-electron chi connectivity index (χ0n) is 10.5. The molecule has 2 rings (SSSR count). The minimum absolute atomic E-state index is 0.0113. The summed E-state index contributed by atoms with van der Waals surface area (Å²) < 4.78 is 31.8. The first-order chi connectivity index (χ1) is 9.99. The third-order valence-corrected chi connectivity index (χ3v) is 3.55. The summed E-state index contributed by atoms with van der Waals surface area (Å²) in [5, 5.41) is 12.3. The van der Waals surface area contributed by atoms with E-state index in [-0.39, 0.29) is 6.61 Å². The van der Waals surface area contributed by atoms with Gasteiger partial charge in [0.25, 0.3) is 0 Å². The number of hydrogen-bond acceptors (Lipinski definition) is 5. The maximum Gasteiger partial charge on any atom is 0.341 e. The van der Waals surface area contributed by atoms with E-state index in [0.29, 0.717) is 18.6 Å². The molecule has 1 aromatic carbocycles. The fraction of sp³-hybridized carbons (Fsp3) is 0.154. The average molecular weight is 313 g/mol. The second-order valence-electron chi connectivity index (χ2n) is 4.01. The van der Waals surface area contributed by atoms with Gasteiger partial charge in [-0.3, -0.25) is 10.1 Å². The Kier molecular flexibility index (Phi) is 4.59. The number of nitro benzene ring substituents is 1. The first-order valence-corrected chi connectivity index (χ1v) is 6.70. The second-order valence-corrected chi connectivity index (χ2v) is 5.04. The lowest BCUT2D eigenvalue weighted by Gasteiger charge is -2.05. The Labute approximate surface area is 121 Å². The summed E-state index contributed by atoms with van der Waals surface area (Å²) in [5.74, 6) is -3.53. The number of thiophene rings is 1. The van der Waals surface area contributed by atoms with Gasteiger partial charge in [0.05, 0.1) is 23.2 Å². The van der Waals surface area contributed by atoms with Crippen LogP contribution in [-0.4, -0.2) is 17.5 Å². The van der Waals surface area contributed by atoms with E-state index < -0.39 is 33.8 Å². The predicted octanol–water partition coefficient (Wildman–Crippen LogP) is 3.33. The molecular weight excluding hydrogens is 304 g/mol. The molecule has 5 nitrogen and oxygen atoms in total. The molecule has 0 aliphatic rings. The summed E-state index contributed by atoms with van der Waals surface area (Å²) in [6.45, 7) is 0.0113. The monoisotopic (exact) mass is 313 g/mol. The lowest BCUT2D eigenvalue weighted by atomic mass is 10.2. The maximum absolute atomic E-state index is 13.6. The molecule has 1 aromatic heterocycles. The zero-order valence-corrected chi connectivity index (χ0v) is 11.4. The van der Waals surface area contributed by atoms with Crippen molar-refractivity contribution >= 4 is 23.0 Å². The number of carbonyl (C=O) groups is 1. The highest BCUT2D eigenvalue weighted by Gasteiger charge is 2.22. The van der Waals surface area contributed by atoms with Crippen LogP contribution in [-0.2, 0) is 11.2 Å². The predicted molar refractivity (Wildman–Crippen MR) is 71.3 cm³/mol. The zero-order chi connectivity index (χ0) is 15.4. The molecule has 0 radical (unpaired) electrons. The Hall–Kier alpha value is -2.35. The number of rotatable bonds is 5. The van der Waals surface area contributed by atoms with E-state index in [0.717, 1.165) is 4.88 Å². The molecular formula is C13H9F2NO4S. The van der Waals surface area contributed by atoms with Gasteiger partial charge in [0.1, 0.15) is 5.82 Å². The topological polar surface area (TPSA) is 69.4 Å². The molecule has 2 aromatic rings. The number of benzene rings is 1. The summed E-state index contributed by atoms with van der Waals surface area (Å²) in [7, 11) is 0. The number of carbonyl (C=O) groups excluding carboxylic acids is 1. The quantitative estimate of drug-likeness (QED) is 0.482. The van der Waals surface area contributed by atoms with Crippen LogP contribution in [0.15, 0.2) is 29.6 Å². The Balaban J connectivity index is 2.05. The van der Waals surface area contributed by atoms with Crippen molar-refractivity contribution in [2.45, 2.75) is 6.42 Å². The number of halogens is 2. The molecule has 0 amide bonds. The standard InChI is InChI=1S/C13H9F2NO4S/c14-10-7-12(16(18)19)11(15)6-9(10)13(17)20-4-3-8-2-1-5-21-8/h1-2,5-7H,3-4H2. The van der Waals surface area contributed by atoms with Crippen molar-refractivity contribution in [1.82, 2.24) is 0 Å². The van der Waals surface area contributed by atoms with E-state index >= 15 is 0 Å². The van der Waals surface area contributed by atoms with Crippen LogP contribution in [0.1, 0.15) is 15.2 Å². The van der Waals surface area contributed by atoms with Gasteiger partial charge in [0.15, 0.2) is 0 Å². The fourth-order valence-corrected chi connectivity index (χ4v) is 2.30. The molecule has 0 saturated carbocycles. The molecule has 0 atom stereocenters. The van der Waals surface area contributed by atoms with Gasteiger partial charge in [-0.05, 0) is 17.5 Å². The highest BCUT2D eigenvalue weighted by Crippen LogP contribution is 2.22. The number of hydrogen-bond donors (Lipinski definition) is 0. The highest BCUT2D eigenvalue weighted by molar-refractivity contribution is 7.09. The van der Waals surface area contributed by atoms with Gasteiger partial charge in [-0.15, -0.1) is 11.3 Å². The summed E-state index contributed by atoms with van der Waals surface area (Å²) >= 11 is 1.48. The Morgan fingerprint density at radius 2 is 2.10 bits per heavy atom. The van der Waals surface area contributed by atoms with Crippen molar-refractivity contribution in [2.24, 2.45) is 0 Å². The molecule has 1 heterocycles. The molecule has 0 aliphatic carbocycles. The molecule has 0 unspecified atom stereocenters. The number of nitrogens with zero attached hydrogens (tertiary/aromatic N) is 1. The molecule has 0 aliphatic heterocycles.